The molecule has 1 N–H and O–H groups in total. The highest BCUT2D eigenvalue weighted by molar-refractivity contribution is 7.89. The number of ether oxygens (including phenoxy) is 3. The summed E-state index contributed by atoms with van der Waals surface area (Å²) in [5, 5.41) is 0. The Bertz CT molecular complexity index is 848. The fourth-order valence-electron chi connectivity index (χ4n) is 2.44. The van der Waals surface area contributed by atoms with E-state index in [2.05, 4.69) is 18.6 Å². The molecule has 134 valence electrons. The normalized spacial score (nSPS) is 13.2. The Morgan fingerprint density at radius 3 is 2.72 bits per heavy atom. The van der Waals surface area contributed by atoms with Gasteiger partial charge < -0.3 is 14.2 Å². The average Bonchev–Trinajstić information content (AvgIpc) is 3.07. The minimum atomic E-state index is -3.62. The van der Waals surface area contributed by atoms with Gasteiger partial charge in [0.25, 0.3) is 0 Å². The lowest BCUT2D eigenvalue weighted by molar-refractivity contribution is 0.174. The van der Waals surface area contributed by atoms with E-state index < -0.39 is 10.0 Å². The third-order valence-electron chi connectivity index (χ3n) is 3.84. The molecule has 0 saturated carbocycles. The maximum atomic E-state index is 12.3. The molecule has 0 bridgehead atoms. The Kier molecular flexibility index (Phi) is 5.15. The third-order valence-corrected chi connectivity index (χ3v) is 5.30. The standard InChI is InChI=1S/C18H21NO5S/c1-13(2)14-4-3-5-15(10-14)22-9-8-19-25(20,21)16-6-7-17-18(11-16)24-12-23-17/h3-7,10-11,13,19H,8-9,12H2,1-2H3. The van der Waals surface area contributed by atoms with Gasteiger partial charge in [0, 0.05) is 12.6 Å². The second-order valence-electron chi connectivity index (χ2n) is 5.99. The van der Waals surface area contributed by atoms with E-state index in [-0.39, 0.29) is 24.8 Å². The van der Waals surface area contributed by atoms with Gasteiger partial charge in [-0.3, -0.25) is 0 Å². The van der Waals surface area contributed by atoms with Crippen molar-refractivity contribution in [1.29, 1.82) is 0 Å². The highest BCUT2D eigenvalue weighted by Gasteiger charge is 2.19. The van der Waals surface area contributed by atoms with Gasteiger partial charge >= 0.3 is 0 Å². The van der Waals surface area contributed by atoms with E-state index in [1.54, 1.807) is 6.07 Å². The van der Waals surface area contributed by atoms with Crippen LogP contribution in [0.5, 0.6) is 17.2 Å². The minimum Gasteiger partial charge on any atom is -0.492 e. The predicted octanol–water partition coefficient (Wildman–Crippen LogP) is 2.90. The Morgan fingerprint density at radius 2 is 1.92 bits per heavy atom. The van der Waals surface area contributed by atoms with Gasteiger partial charge in [-0.1, -0.05) is 26.0 Å². The summed E-state index contributed by atoms with van der Waals surface area (Å²) in [5.41, 5.74) is 1.18. The predicted molar refractivity (Wildman–Crippen MR) is 93.8 cm³/mol. The molecule has 0 saturated heterocycles. The molecule has 0 spiro atoms. The summed E-state index contributed by atoms with van der Waals surface area (Å²) >= 11 is 0. The van der Waals surface area contributed by atoms with Crippen molar-refractivity contribution in [3.63, 3.8) is 0 Å². The van der Waals surface area contributed by atoms with Crippen molar-refractivity contribution in [2.45, 2.75) is 24.7 Å². The quantitative estimate of drug-likeness (QED) is 0.766. The number of nitrogens with one attached hydrogen (secondary N) is 1. The van der Waals surface area contributed by atoms with E-state index in [4.69, 9.17) is 14.2 Å². The molecule has 0 radical (unpaired) electrons. The lowest BCUT2D eigenvalue weighted by Crippen LogP contribution is -2.28. The highest BCUT2D eigenvalue weighted by atomic mass is 32.2. The van der Waals surface area contributed by atoms with E-state index in [0.29, 0.717) is 17.4 Å². The second-order valence-corrected chi connectivity index (χ2v) is 7.76. The van der Waals surface area contributed by atoms with Gasteiger partial charge in [-0.05, 0) is 35.7 Å². The van der Waals surface area contributed by atoms with Gasteiger partial charge in [0.15, 0.2) is 11.5 Å². The van der Waals surface area contributed by atoms with Gasteiger partial charge in [0.2, 0.25) is 16.8 Å². The zero-order chi connectivity index (χ0) is 17.9. The van der Waals surface area contributed by atoms with Crippen molar-refractivity contribution < 1.29 is 22.6 Å². The monoisotopic (exact) mass is 363 g/mol. The number of rotatable bonds is 7. The van der Waals surface area contributed by atoms with Crippen LogP contribution in [0.4, 0.5) is 0 Å². The summed E-state index contributed by atoms with van der Waals surface area (Å²) in [4.78, 5) is 0.138. The van der Waals surface area contributed by atoms with E-state index in [9.17, 15) is 8.42 Å². The fraction of sp³-hybridized carbons (Fsp3) is 0.333. The number of benzene rings is 2. The van der Waals surface area contributed by atoms with Crippen LogP contribution >= 0.6 is 0 Å². The smallest absolute Gasteiger partial charge is 0.240 e. The van der Waals surface area contributed by atoms with Crippen LogP contribution in [0.25, 0.3) is 0 Å². The molecular formula is C18H21NO5S. The summed E-state index contributed by atoms with van der Waals surface area (Å²) < 4.78 is 43.2. The first-order valence-electron chi connectivity index (χ1n) is 8.08. The van der Waals surface area contributed by atoms with Gasteiger partial charge in [0.1, 0.15) is 12.4 Å². The van der Waals surface area contributed by atoms with Gasteiger partial charge in [-0.15, -0.1) is 0 Å². The molecule has 0 atom stereocenters. The number of sulfonamides is 1. The molecule has 1 aliphatic rings. The average molecular weight is 363 g/mol. The third kappa shape index (κ3) is 4.24. The van der Waals surface area contributed by atoms with Crippen LogP contribution in [0.3, 0.4) is 0 Å². The minimum absolute atomic E-state index is 0.107. The second kappa shape index (κ2) is 7.33. The molecule has 2 aromatic carbocycles. The van der Waals surface area contributed by atoms with Crippen molar-refractivity contribution >= 4 is 10.0 Å². The first kappa shape index (κ1) is 17.6. The Hall–Kier alpha value is -2.25. The van der Waals surface area contributed by atoms with E-state index in [1.165, 1.54) is 17.7 Å². The summed E-state index contributed by atoms with van der Waals surface area (Å²) in [7, 11) is -3.62. The van der Waals surface area contributed by atoms with Crippen molar-refractivity contribution in [3.05, 3.63) is 48.0 Å². The van der Waals surface area contributed by atoms with Crippen LogP contribution in [0.15, 0.2) is 47.4 Å². The highest BCUT2D eigenvalue weighted by Crippen LogP contribution is 2.33. The van der Waals surface area contributed by atoms with Crippen LogP contribution in [0.1, 0.15) is 25.3 Å². The first-order chi connectivity index (χ1) is 12.0. The Labute approximate surface area is 147 Å². The summed E-state index contributed by atoms with van der Waals surface area (Å²) in [6.07, 6.45) is 0. The zero-order valence-corrected chi connectivity index (χ0v) is 15.0. The summed E-state index contributed by atoms with van der Waals surface area (Å²) in [6, 6.07) is 12.3. The van der Waals surface area contributed by atoms with Gasteiger partial charge in [-0.2, -0.15) is 0 Å². The van der Waals surface area contributed by atoms with Crippen LogP contribution in [-0.2, 0) is 10.0 Å². The molecule has 0 fully saturated rings. The largest absolute Gasteiger partial charge is 0.492 e. The van der Waals surface area contributed by atoms with Crippen molar-refractivity contribution in [3.8, 4) is 17.2 Å². The molecular weight excluding hydrogens is 342 g/mol. The first-order valence-corrected chi connectivity index (χ1v) is 9.56. The molecule has 0 amide bonds. The van der Waals surface area contributed by atoms with Crippen LogP contribution in [0.2, 0.25) is 0 Å². The Morgan fingerprint density at radius 1 is 1.12 bits per heavy atom. The summed E-state index contributed by atoms with van der Waals surface area (Å²) in [5.74, 6) is 2.12. The fourth-order valence-corrected chi connectivity index (χ4v) is 3.46. The summed E-state index contributed by atoms with van der Waals surface area (Å²) in [6.45, 7) is 4.74. The molecule has 25 heavy (non-hydrogen) atoms. The molecule has 1 aliphatic heterocycles. The lowest BCUT2D eigenvalue weighted by Gasteiger charge is -2.11. The molecule has 1 heterocycles. The van der Waals surface area contributed by atoms with Gasteiger partial charge in [-0.25, -0.2) is 13.1 Å². The van der Waals surface area contributed by atoms with Crippen LogP contribution in [-0.4, -0.2) is 28.4 Å². The maximum absolute atomic E-state index is 12.3. The number of hydrogen-bond donors (Lipinski definition) is 1. The van der Waals surface area contributed by atoms with E-state index >= 15 is 0 Å². The number of hydrogen-bond acceptors (Lipinski definition) is 5. The molecule has 6 nitrogen and oxygen atoms in total. The van der Waals surface area contributed by atoms with Crippen molar-refractivity contribution in [2.75, 3.05) is 19.9 Å². The topological polar surface area (TPSA) is 73.9 Å². The molecule has 3 rings (SSSR count). The van der Waals surface area contributed by atoms with Crippen molar-refractivity contribution in [2.24, 2.45) is 0 Å². The molecule has 0 unspecified atom stereocenters. The van der Waals surface area contributed by atoms with Crippen molar-refractivity contribution in [1.82, 2.24) is 4.72 Å². The molecule has 0 aliphatic carbocycles. The van der Waals surface area contributed by atoms with Gasteiger partial charge in [0.05, 0.1) is 4.90 Å². The SMILES string of the molecule is CC(C)c1cccc(OCCNS(=O)(=O)c2ccc3c(c2)OCO3)c1. The zero-order valence-electron chi connectivity index (χ0n) is 14.2. The maximum Gasteiger partial charge on any atom is 0.240 e. The Balaban J connectivity index is 1.55. The molecule has 7 heteroatoms. The molecule has 0 aromatic heterocycles. The van der Waals surface area contributed by atoms with Crippen LogP contribution < -0.4 is 18.9 Å². The molecule has 2 aromatic rings. The van der Waals surface area contributed by atoms with E-state index in [1.807, 2.05) is 24.3 Å². The van der Waals surface area contributed by atoms with Crippen LogP contribution in [0, 0.1) is 0 Å². The lowest BCUT2D eigenvalue weighted by atomic mass is 10.0. The number of fused-ring (bicyclic) bond motifs is 1. The van der Waals surface area contributed by atoms with E-state index in [0.717, 1.165) is 5.75 Å².